The fourth-order valence-corrected chi connectivity index (χ4v) is 4.14. The number of rotatable bonds is 6. The molecule has 0 radical (unpaired) electrons. The normalized spacial score (nSPS) is 20.4. The highest BCUT2D eigenvalue weighted by Crippen LogP contribution is 2.33. The molecule has 4 rings (SSSR count). The van der Waals surface area contributed by atoms with Crippen LogP contribution in [-0.4, -0.2) is 59.0 Å². The van der Waals surface area contributed by atoms with Crippen LogP contribution in [0.15, 0.2) is 58.5 Å². The first-order valence-electron chi connectivity index (χ1n) is 10.1. The zero-order valence-electron chi connectivity index (χ0n) is 16.9. The van der Waals surface area contributed by atoms with Gasteiger partial charge >= 0.3 is 0 Å². The number of halogens is 1. The van der Waals surface area contributed by atoms with Gasteiger partial charge in [-0.05, 0) is 48.9 Å². The molecular weight excluding hydrogens is 383 g/mol. The van der Waals surface area contributed by atoms with E-state index in [9.17, 15) is 14.3 Å². The van der Waals surface area contributed by atoms with Gasteiger partial charge in [0.15, 0.2) is 0 Å². The molecular formula is C23H25FN4O2. The number of benzene rings is 2. The Balaban J connectivity index is 1.45. The van der Waals surface area contributed by atoms with E-state index in [1.807, 2.05) is 30.1 Å². The van der Waals surface area contributed by atoms with Crippen LogP contribution in [0.1, 0.15) is 30.0 Å². The number of phenols is 1. The van der Waals surface area contributed by atoms with Gasteiger partial charge in [-0.2, -0.15) is 0 Å². The van der Waals surface area contributed by atoms with E-state index in [4.69, 9.17) is 0 Å². The summed E-state index contributed by atoms with van der Waals surface area (Å²) in [6.45, 7) is 1.78. The lowest BCUT2D eigenvalue weighted by Crippen LogP contribution is -2.48. The lowest BCUT2D eigenvalue weighted by atomic mass is 9.89. The highest BCUT2D eigenvalue weighted by Gasteiger charge is 2.39. The van der Waals surface area contributed by atoms with Crippen LogP contribution in [0.2, 0.25) is 0 Å². The summed E-state index contributed by atoms with van der Waals surface area (Å²) in [6.07, 6.45) is 2.62. The number of aliphatic imine (C=N–C) groups is 2. The molecule has 1 N–H and O–H groups in total. The minimum Gasteiger partial charge on any atom is -0.508 e. The summed E-state index contributed by atoms with van der Waals surface area (Å²) < 4.78 is 13.9. The molecule has 0 aromatic heterocycles. The largest absolute Gasteiger partial charge is 0.508 e. The average Bonchev–Trinajstić information content (AvgIpc) is 3.20. The maximum atomic E-state index is 13.9. The Labute approximate surface area is 175 Å². The number of aromatic hydroxyl groups is 1. The van der Waals surface area contributed by atoms with E-state index in [0.717, 1.165) is 23.3 Å². The van der Waals surface area contributed by atoms with Gasteiger partial charge in [-0.1, -0.05) is 24.3 Å². The lowest BCUT2D eigenvalue weighted by Gasteiger charge is -2.38. The van der Waals surface area contributed by atoms with E-state index in [1.165, 1.54) is 12.1 Å². The van der Waals surface area contributed by atoms with E-state index < -0.39 is 0 Å². The Bertz CT molecular complexity index is 991. The summed E-state index contributed by atoms with van der Waals surface area (Å²) in [4.78, 5) is 25.8. The van der Waals surface area contributed by atoms with Crippen LogP contribution in [0, 0.1) is 5.82 Å². The summed E-state index contributed by atoms with van der Waals surface area (Å²) in [5, 5.41) is 9.62. The van der Waals surface area contributed by atoms with Crippen LogP contribution in [0.5, 0.6) is 5.75 Å². The molecule has 2 unspecified atom stereocenters. The standard InChI is InChI=1S/C23H25FN4O2/c1-27(14-16-4-2-7-19(29)12-16)10-9-21(30)28-11-8-20-22(26-15-25-20)23(28)17-5-3-6-18(24)13-17/h2-7,12-13,15,20,23,29H,8-11,14H2,1H3. The predicted octanol–water partition coefficient (Wildman–Crippen LogP) is 3.18. The van der Waals surface area contributed by atoms with Crippen molar-refractivity contribution in [2.75, 3.05) is 20.1 Å². The van der Waals surface area contributed by atoms with E-state index >= 15 is 0 Å². The molecule has 7 heteroatoms. The van der Waals surface area contributed by atoms with Gasteiger partial charge in [0.1, 0.15) is 17.9 Å². The van der Waals surface area contributed by atoms with Crippen LogP contribution < -0.4 is 0 Å². The molecule has 2 aromatic carbocycles. The number of hydrogen-bond acceptors (Lipinski definition) is 5. The number of piperidine rings is 1. The highest BCUT2D eigenvalue weighted by atomic mass is 19.1. The molecule has 6 nitrogen and oxygen atoms in total. The molecule has 2 aliphatic rings. The van der Waals surface area contributed by atoms with Gasteiger partial charge in [0.25, 0.3) is 0 Å². The molecule has 1 amide bonds. The fourth-order valence-electron chi connectivity index (χ4n) is 4.14. The summed E-state index contributed by atoms with van der Waals surface area (Å²) >= 11 is 0. The molecule has 2 aliphatic heterocycles. The number of phenolic OH excluding ortho intramolecular Hbond substituents is 1. The summed E-state index contributed by atoms with van der Waals surface area (Å²) in [6, 6.07) is 13.1. The minimum atomic E-state index is -0.383. The van der Waals surface area contributed by atoms with Gasteiger partial charge in [-0.25, -0.2) is 9.38 Å². The number of hydrogen-bond donors (Lipinski definition) is 1. The average molecular weight is 408 g/mol. The van der Waals surface area contributed by atoms with Crippen molar-refractivity contribution in [3.8, 4) is 5.75 Å². The first-order valence-corrected chi connectivity index (χ1v) is 10.1. The van der Waals surface area contributed by atoms with Gasteiger partial charge in [0, 0.05) is 26.1 Å². The van der Waals surface area contributed by atoms with E-state index in [1.54, 1.807) is 29.4 Å². The van der Waals surface area contributed by atoms with Crippen molar-refractivity contribution in [2.24, 2.45) is 9.98 Å². The molecule has 2 heterocycles. The van der Waals surface area contributed by atoms with Crippen molar-refractivity contribution in [1.29, 1.82) is 0 Å². The molecule has 2 aromatic rings. The second kappa shape index (κ2) is 8.75. The van der Waals surface area contributed by atoms with Crippen LogP contribution in [0.3, 0.4) is 0 Å². The van der Waals surface area contributed by atoms with Crippen molar-refractivity contribution in [2.45, 2.75) is 31.5 Å². The van der Waals surface area contributed by atoms with Crippen molar-refractivity contribution in [1.82, 2.24) is 9.80 Å². The smallest absolute Gasteiger partial charge is 0.224 e. The van der Waals surface area contributed by atoms with E-state index in [-0.39, 0.29) is 29.6 Å². The first kappa shape index (κ1) is 20.2. The Hall–Kier alpha value is -3.06. The van der Waals surface area contributed by atoms with Gasteiger partial charge in [-0.15, -0.1) is 0 Å². The monoisotopic (exact) mass is 408 g/mol. The van der Waals surface area contributed by atoms with Crippen molar-refractivity contribution in [3.63, 3.8) is 0 Å². The molecule has 2 atom stereocenters. The molecule has 1 saturated heterocycles. The van der Waals surface area contributed by atoms with E-state index in [2.05, 4.69) is 9.98 Å². The molecule has 0 aliphatic carbocycles. The summed E-state index contributed by atoms with van der Waals surface area (Å²) in [5.41, 5.74) is 2.53. The van der Waals surface area contributed by atoms with Crippen LogP contribution in [0.4, 0.5) is 4.39 Å². The first-order chi connectivity index (χ1) is 14.5. The lowest BCUT2D eigenvalue weighted by molar-refractivity contribution is -0.133. The Morgan fingerprint density at radius 3 is 2.90 bits per heavy atom. The molecule has 0 spiro atoms. The third kappa shape index (κ3) is 4.41. The zero-order valence-corrected chi connectivity index (χ0v) is 16.9. The Morgan fingerprint density at radius 1 is 1.27 bits per heavy atom. The van der Waals surface area contributed by atoms with Crippen molar-refractivity contribution in [3.05, 3.63) is 65.5 Å². The SMILES string of the molecule is CN(CCC(=O)N1CCC2N=CN=C2C1c1cccc(F)c1)Cc1cccc(O)c1. The molecule has 0 saturated carbocycles. The predicted molar refractivity (Wildman–Crippen MR) is 114 cm³/mol. The Morgan fingerprint density at radius 2 is 2.10 bits per heavy atom. The number of likely N-dealkylation sites (tertiary alicyclic amines) is 1. The number of fused-ring (bicyclic) bond motifs is 1. The fraction of sp³-hybridized carbons (Fsp3) is 0.348. The topological polar surface area (TPSA) is 68.5 Å². The second-order valence-corrected chi connectivity index (χ2v) is 7.83. The maximum absolute atomic E-state index is 13.9. The van der Waals surface area contributed by atoms with Crippen LogP contribution >= 0.6 is 0 Å². The van der Waals surface area contributed by atoms with E-state index in [0.29, 0.717) is 26.1 Å². The quantitative estimate of drug-likeness (QED) is 0.798. The summed E-state index contributed by atoms with van der Waals surface area (Å²) in [5.74, 6) is -0.0789. The number of carbonyl (C=O) groups excluding carboxylic acids is 1. The molecule has 0 bridgehead atoms. The number of amides is 1. The molecule has 30 heavy (non-hydrogen) atoms. The van der Waals surface area contributed by atoms with Gasteiger partial charge < -0.3 is 14.9 Å². The third-order valence-electron chi connectivity index (χ3n) is 5.59. The van der Waals surface area contributed by atoms with Crippen molar-refractivity contribution >= 4 is 18.0 Å². The maximum Gasteiger partial charge on any atom is 0.224 e. The Kier molecular flexibility index (Phi) is 5.90. The minimum absolute atomic E-state index is 0.0140. The number of carbonyl (C=O) groups is 1. The number of nitrogens with zero attached hydrogens (tertiary/aromatic N) is 4. The summed E-state index contributed by atoms with van der Waals surface area (Å²) in [7, 11) is 1.95. The van der Waals surface area contributed by atoms with Crippen LogP contribution in [0.25, 0.3) is 0 Å². The van der Waals surface area contributed by atoms with Gasteiger partial charge in [0.2, 0.25) is 5.91 Å². The van der Waals surface area contributed by atoms with Gasteiger partial charge in [0.05, 0.1) is 17.8 Å². The molecule has 156 valence electrons. The zero-order chi connectivity index (χ0) is 21.1. The second-order valence-electron chi connectivity index (χ2n) is 7.83. The van der Waals surface area contributed by atoms with Crippen LogP contribution in [-0.2, 0) is 11.3 Å². The highest BCUT2D eigenvalue weighted by molar-refractivity contribution is 6.05. The third-order valence-corrected chi connectivity index (χ3v) is 5.59. The van der Waals surface area contributed by atoms with Gasteiger partial charge in [-0.3, -0.25) is 9.79 Å². The van der Waals surface area contributed by atoms with Crippen molar-refractivity contribution < 1.29 is 14.3 Å². The molecule has 1 fully saturated rings.